The second-order valence-corrected chi connectivity index (χ2v) is 1.98. The summed E-state index contributed by atoms with van der Waals surface area (Å²) in [4.78, 5) is 0. The van der Waals surface area contributed by atoms with Gasteiger partial charge in [-0.3, -0.25) is 0 Å². The van der Waals surface area contributed by atoms with Crippen LogP contribution in [0.2, 0.25) is 0 Å². The van der Waals surface area contributed by atoms with Crippen molar-refractivity contribution in [1.29, 1.82) is 0 Å². The molecule has 0 saturated carbocycles. The Kier molecular flexibility index (Phi) is 1.30. The Morgan fingerprint density at radius 2 is 2.29 bits per heavy atom. The van der Waals surface area contributed by atoms with Crippen LogP contribution in [0.4, 0.5) is 0 Å². The molecule has 2 nitrogen and oxygen atoms in total. The lowest BCUT2D eigenvalue weighted by molar-refractivity contribution is -0.0849. The molecule has 0 bridgehead atoms. The molecule has 1 heterocycles. The third kappa shape index (κ3) is 1.14. The predicted octanol–water partition coefficient (Wildman–Crippen LogP) is 0.504. The average Bonchev–Trinajstić information content (AvgIpc) is 1.87. The average molecular weight is 102 g/mol. The van der Waals surface area contributed by atoms with Crippen molar-refractivity contribution in [3.05, 3.63) is 0 Å². The van der Waals surface area contributed by atoms with Crippen molar-refractivity contribution in [3.63, 3.8) is 0 Å². The predicted molar refractivity (Wildman–Crippen MR) is 25.8 cm³/mol. The van der Waals surface area contributed by atoms with E-state index in [9.17, 15) is 0 Å². The zero-order valence-electron chi connectivity index (χ0n) is 4.42. The Morgan fingerprint density at radius 1 is 1.57 bits per heavy atom. The minimum atomic E-state index is -0.477. The van der Waals surface area contributed by atoms with Gasteiger partial charge in [0.05, 0.1) is 6.10 Å². The lowest BCUT2D eigenvalue weighted by atomic mass is 10.3. The first-order valence-corrected chi connectivity index (χ1v) is 2.62. The van der Waals surface area contributed by atoms with E-state index in [-0.39, 0.29) is 6.10 Å². The van der Waals surface area contributed by atoms with Crippen molar-refractivity contribution < 1.29 is 9.84 Å². The lowest BCUT2D eigenvalue weighted by Crippen LogP contribution is -2.05. The Hall–Kier alpha value is -0.0800. The van der Waals surface area contributed by atoms with Gasteiger partial charge in [0.1, 0.15) is 0 Å². The summed E-state index contributed by atoms with van der Waals surface area (Å²) < 4.78 is 4.92. The summed E-state index contributed by atoms with van der Waals surface area (Å²) in [6.45, 7) is 1.97. The monoisotopic (exact) mass is 102 g/mol. The number of rotatable bonds is 0. The quantitative estimate of drug-likeness (QED) is 0.482. The van der Waals surface area contributed by atoms with Crippen LogP contribution in [0.3, 0.4) is 0 Å². The van der Waals surface area contributed by atoms with Crippen molar-refractivity contribution in [2.24, 2.45) is 0 Å². The molecule has 1 saturated heterocycles. The van der Waals surface area contributed by atoms with Gasteiger partial charge in [-0.15, -0.1) is 0 Å². The Morgan fingerprint density at radius 3 is 2.43 bits per heavy atom. The summed E-state index contributed by atoms with van der Waals surface area (Å²) in [6, 6.07) is 0. The molecule has 1 aliphatic heterocycles. The fourth-order valence-corrected chi connectivity index (χ4v) is 0.782. The van der Waals surface area contributed by atoms with E-state index in [1.54, 1.807) is 0 Å². The number of aliphatic hydroxyl groups excluding tert-OH is 1. The zero-order chi connectivity index (χ0) is 5.28. The highest BCUT2D eigenvalue weighted by Crippen LogP contribution is 2.15. The first-order chi connectivity index (χ1) is 3.29. The van der Waals surface area contributed by atoms with E-state index in [4.69, 9.17) is 9.84 Å². The van der Waals surface area contributed by atoms with Crippen molar-refractivity contribution in [1.82, 2.24) is 0 Å². The highest BCUT2D eigenvalue weighted by atomic mass is 16.6. The van der Waals surface area contributed by atoms with E-state index >= 15 is 0 Å². The number of hydrogen-bond donors (Lipinski definition) is 1. The van der Waals surface area contributed by atoms with Gasteiger partial charge in [0.25, 0.3) is 0 Å². The zero-order valence-corrected chi connectivity index (χ0v) is 4.42. The molecule has 1 fully saturated rings. The van der Waals surface area contributed by atoms with E-state index in [0.29, 0.717) is 0 Å². The van der Waals surface area contributed by atoms with Gasteiger partial charge in [-0.2, -0.15) is 0 Å². The fraction of sp³-hybridized carbons (Fsp3) is 1.00. The van der Waals surface area contributed by atoms with Crippen LogP contribution in [-0.4, -0.2) is 17.5 Å². The highest BCUT2D eigenvalue weighted by Gasteiger charge is 2.17. The van der Waals surface area contributed by atoms with Gasteiger partial charge in [0.15, 0.2) is 6.29 Å². The van der Waals surface area contributed by atoms with Gasteiger partial charge < -0.3 is 9.84 Å². The molecule has 2 atom stereocenters. The molecule has 1 aliphatic rings. The largest absolute Gasteiger partial charge is 0.368 e. The Bertz CT molecular complexity index is 55.1. The third-order valence-electron chi connectivity index (χ3n) is 1.21. The molecular weight excluding hydrogens is 92.1 g/mol. The maximum absolute atomic E-state index is 8.68. The van der Waals surface area contributed by atoms with Crippen LogP contribution < -0.4 is 0 Å². The molecule has 7 heavy (non-hydrogen) atoms. The minimum Gasteiger partial charge on any atom is -0.368 e. The van der Waals surface area contributed by atoms with Crippen molar-refractivity contribution in [3.8, 4) is 0 Å². The topological polar surface area (TPSA) is 29.5 Å². The van der Waals surface area contributed by atoms with Gasteiger partial charge in [-0.05, 0) is 13.3 Å². The maximum Gasteiger partial charge on any atom is 0.154 e. The summed E-state index contributed by atoms with van der Waals surface area (Å²) in [6.07, 6.45) is 1.60. The molecule has 0 radical (unpaired) electrons. The molecule has 0 unspecified atom stereocenters. The molecule has 2 heteroatoms. The summed E-state index contributed by atoms with van der Waals surface area (Å²) in [7, 11) is 0. The van der Waals surface area contributed by atoms with Crippen LogP contribution in [0.25, 0.3) is 0 Å². The molecule has 0 aromatic rings. The van der Waals surface area contributed by atoms with Gasteiger partial charge in [0.2, 0.25) is 0 Å². The maximum atomic E-state index is 8.68. The van der Waals surface area contributed by atoms with Crippen LogP contribution in [0, 0.1) is 0 Å². The van der Waals surface area contributed by atoms with Crippen molar-refractivity contribution in [2.45, 2.75) is 32.2 Å². The van der Waals surface area contributed by atoms with E-state index in [0.717, 1.165) is 12.8 Å². The molecule has 0 aromatic carbocycles. The van der Waals surface area contributed by atoms with Gasteiger partial charge in [0, 0.05) is 6.42 Å². The molecule has 42 valence electrons. The standard InChI is InChI=1S/C5H10O2/c1-4-2-3-5(6)7-4/h4-6H,2-3H2,1H3/t4-,5-/m1/s1. The fourth-order valence-electron chi connectivity index (χ4n) is 0.782. The first-order valence-electron chi connectivity index (χ1n) is 2.62. The molecule has 0 amide bonds. The van der Waals surface area contributed by atoms with E-state index in [2.05, 4.69) is 0 Å². The molecule has 1 rings (SSSR count). The third-order valence-corrected chi connectivity index (χ3v) is 1.21. The van der Waals surface area contributed by atoms with E-state index in [1.165, 1.54) is 0 Å². The lowest BCUT2D eigenvalue weighted by Gasteiger charge is -2.00. The van der Waals surface area contributed by atoms with Crippen molar-refractivity contribution >= 4 is 0 Å². The molecule has 1 N–H and O–H groups in total. The van der Waals surface area contributed by atoms with Crippen LogP contribution in [-0.2, 0) is 4.74 Å². The van der Waals surface area contributed by atoms with Crippen LogP contribution in [0.15, 0.2) is 0 Å². The smallest absolute Gasteiger partial charge is 0.154 e. The Balaban J connectivity index is 2.26. The van der Waals surface area contributed by atoms with Gasteiger partial charge >= 0.3 is 0 Å². The summed E-state index contributed by atoms with van der Waals surface area (Å²) in [5, 5.41) is 8.68. The van der Waals surface area contributed by atoms with E-state index < -0.39 is 6.29 Å². The number of hydrogen-bond acceptors (Lipinski definition) is 2. The highest BCUT2D eigenvalue weighted by molar-refractivity contribution is 4.60. The molecule has 0 aromatic heterocycles. The Labute approximate surface area is 43.1 Å². The van der Waals surface area contributed by atoms with Crippen molar-refractivity contribution in [2.75, 3.05) is 0 Å². The normalized spacial score (nSPS) is 42.0. The van der Waals surface area contributed by atoms with Crippen LogP contribution in [0.5, 0.6) is 0 Å². The van der Waals surface area contributed by atoms with Crippen LogP contribution >= 0.6 is 0 Å². The molecule has 0 aliphatic carbocycles. The number of ether oxygens (including phenoxy) is 1. The second kappa shape index (κ2) is 1.80. The summed E-state index contributed by atoms with van der Waals surface area (Å²) >= 11 is 0. The van der Waals surface area contributed by atoms with E-state index in [1.807, 2.05) is 6.92 Å². The van der Waals surface area contributed by atoms with Gasteiger partial charge in [-0.1, -0.05) is 0 Å². The molecule has 0 spiro atoms. The van der Waals surface area contributed by atoms with Crippen LogP contribution in [0.1, 0.15) is 19.8 Å². The second-order valence-electron chi connectivity index (χ2n) is 1.98. The SMILES string of the molecule is C[C@@H]1CC[C@H](O)O1. The first kappa shape index (κ1) is 5.06. The number of aliphatic hydroxyl groups is 1. The summed E-state index contributed by atoms with van der Waals surface area (Å²) in [5.41, 5.74) is 0. The minimum absolute atomic E-state index is 0.273. The molecular formula is C5H10O2. The summed E-state index contributed by atoms with van der Waals surface area (Å²) in [5.74, 6) is 0. The van der Waals surface area contributed by atoms with Gasteiger partial charge in [-0.25, -0.2) is 0 Å².